The van der Waals surface area contributed by atoms with Gasteiger partial charge in [0.1, 0.15) is 0 Å². The first-order valence-electron chi connectivity index (χ1n) is 8.00. The van der Waals surface area contributed by atoms with Crippen molar-refractivity contribution in [3.8, 4) is 0 Å². The molecular formula is C16H31NO. The van der Waals surface area contributed by atoms with Gasteiger partial charge in [0, 0.05) is 6.04 Å². The van der Waals surface area contributed by atoms with Gasteiger partial charge in [-0.2, -0.15) is 0 Å². The van der Waals surface area contributed by atoms with Crippen LogP contribution in [0.3, 0.4) is 0 Å². The van der Waals surface area contributed by atoms with Crippen LogP contribution >= 0.6 is 0 Å². The topological polar surface area (TPSA) is 21.3 Å². The van der Waals surface area contributed by atoms with E-state index in [-0.39, 0.29) is 0 Å². The molecule has 0 aromatic heterocycles. The Morgan fingerprint density at radius 3 is 2.39 bits per heavy atom. The second-order valence-electron chi connectivity index (χ2n) is 6.67. The fourth-order valence-corrected chi connectivity index (χ4v) is 3.85. The van der Waals surface area contributed by atoms with Crippen molar-refractivity contribution in [2.75, 3.05) is 6.54 Å². The molecule has 0 bridgehead atoms. The highest BCUT2D eigenvalue weighted by molar-refractivity contribution is 4.91. The molecule has 0 aromatic carbocycles. The lowest BCUT2D eigenvalue weighted by Crippen LogP contribution is -2.47. The van der Waals surface area contributed by atoms with E-state index in [9.17, 15) is 0 Å². The molecule has 6 unspecified atom stereocenters. The van der Waals surface area contributed by atoms with Crippen LogP contribution in [0, 0.1) is 17.8 Å². The summed E-state index contributed by atoms with van der Waals surface area (Å²) >= 11 is 0. The van der Waals surface area contributed by atoms with Crippen molar-refractivity contribution in [1.82, 2.24) is 5.32 Å². The van der Waals surface area contributed by atoms with E-state index in [0.29, 0.717) is 18.2 Å². The average Bonchev–Trinajstić information content (AvgIpc) is 2.76. The zero-order valence-corrected chi connectivity index (χ0v) is 12.6. The molecule has 1 saturated carbocycles. The van der Waals surface area contributed by atoms with Gasteiger partial charge >= 0.3 is 0 Å². The molecule has 2 fully saturated rings. The Bertz CT molecular complexity index is 255. The molecule has 0 radical (unpaired) electrons. The molecule has 2 nitrogen and oxygen atoms in total. The minimum atomic E-state index is 0.463. The lowest BCUT2D eigenvalue weighted by atomic mass is 9.72. The lowest BCUT2D eigenvalue weighted by Gasteiger charge is -2.39. The van der Waals surface area contributed by atoms with Crippen LogP contribution in [0.5, 0.6) is 0 Å². The second kappa shape index (κ2) is 6.38. The summed E-state index contributed by atoms with van der Waals surface area (Å²) in [5.41, 5.74) is 0. The molecule has 2 heteroatoms. The second-order valence-corrected chi connectivity index (χ2v) is 6.67. The van der Waals surface area contributed by atoms with Crippen LogP contribution in [0.2, 0.25) is 0 Å². The van der Waals surface area contributed by atoms with Crippen molar-refractivity contribution in [2.24, 2.45) is 17.8 Å². The molecule has 0 spiro atoms. The summed E-state index contributed by atoms with van der Waals surface area (Å²) in [5.74, 6) is 2.61. The van der Waals surface area contributed by atoms with E-state index >= 15 is 0 Å². The summed E-state index contributed by atoms with van der Waals surface area (Å²) in [7, 11) is 0. The zero-order chi connectivity index (χ0) is 13.1. The highest BCUT2D eigenvalue weighted by atomic mass is 16.5. The highest BCUT2D eigenvalue weighted by Crippen LogP contribution is 2.38. The van der Waals surface area contributed by atoms with Gasteiger partial charge in [-0.25, -0.2) is 0 Å². The monoisotopic (exact) mass is 253 g/mol. The SMILES string of the molecule is CCNC(C1CCC(C)C(C)C1)C1CCC(C)O1. The summed E-state index contributed by atoms with van der Waals surface area (Å²) in [6.07, 6.45) is 7.59. The Morgan fingerprint density at radius 1 is 1.06 bits per heavy atom. The Balaban J connectivity index is 1.96. The van der Waals surface area contributed by atoms with Crippen molar-refractivity contribution >= 4 is 0 Å². The first-order chi connectivity index (χ1) is 8.61. The van der Waals surface area contributed by atoms with E-state index < -0.39 is 0 Å². The van der Waals surface area contributed by atoms with Gasteiger partial charge in [0.2, 0.25) is 0 Å². The van der Waals surface area contributed by atoms with Crippen molar-refractivity contribution in [2.45, 2.75) is 78.0 Å². The van der Waals surface area contributed by atoms with Gasteiger partial charge in [0.05, 0.1) is 12.2 Å². The van der Waals surface area contributed by atoms with Gasteiger partial charge in [0.25, 0.3) is 0 Å². The quantitative estimate of drug-likeness (QED) is 0.826. The van der Waals surface area contributed by atoms with E-state index in [1.807, 2.05) is 0 Å². The van der Waals surface area contributed by atoms with E-state index in [0.717, 1.165) is 24.3 Å². The third-order valence-electron chi connectivity index (χ3n) is 5.25. The summed E-state index contributed by atoms with van der Waals surface area (Å²) in [6, 6.07) is 0.592. The fraction of sp³-hybridized carbons (Fsp3) is 1.00. The van der Waals surface area contributed by atoms with Crippen molar-refractivity contribution in [3.63, 3.8) is 0 Å². The van der Waals surface area contributed by atoms with Crippen LogP contribution in [0.25, 0.3) is 0 Å². The molecule has 1 N–H and O–H groups in total. The minimum Gasteiger partial charge on any atom is -0.374 e. The molecule has 106 valence electrons. The molecule has 18 heavy (non-hydrogen) atoms. The molecule has 0 amide bonds. The standard InChI is InChI=1S/C16H31NO/c1-5-17-16(15-9-7-13(4)18-15)14-8-6-11(2)12(3)10-14/h11-17H,5-10H2,1-4H3. The van der Waals surface area contributed by atoms with Gasteiger partial charge in [0.15, 0.2) is 0 Å². The third kappa shape index (κ3) is 3.27. The first-order valence-corrected chi connectivity index (χ1v) is 8.00. The molecule has 1 aliphatic heterocycles. The smallest absolute Gasteiger partial charge is 0.0735 e. The Kier molecular flexibility index (Phi) is 5.08. The van der Waals surface area contributed by atoms with Crippen LogP contribution in [0.15, 0.2) is 0 Å². The number of nitrogens with one attached hydrogen (secondary N) is 1. The number of ether oxygens (including phenoxy) is 1. The predicted molar refractivity (Wildman–Crippen MR) is 76.7 cm³/mol. The normalized spacial score (nSPS) is 43.0. The number of hydrogen-bond donors (Lipinski definition) is 1. The number of hydrogen-bond acceptors (Lipinski definition) is 2. The van der Waals surface area contributed by atoms with E-state index in [4.69, 9.17) is 4.74 Å². The maximum Gasteiger partial charge on any atom is 0.0735 e. The van der Waals surface area contributed by atoms with Crippen LogP contribution < -0.4 is 5.32 Å². The van der Waals surface area contributed by atoms with Gasteiger partial charge in [-0.3, -0.25) is 0 Å². The third-order valence-corrected chi connectivity index (χ3v) is 5.25. The maximum atomic E-state index is 6.13. The number of rotatable bonds is 4. The summed E-state index contributed by atoms with van der Waals surface area (Å²) in [5, 5.41) is 3.73. The van der Waals surface area contributed by atoms with E-state index in [1.54, 1.807) is 0 Å². The predicted octanol–water partition coefficient (Wildman–Crippen LogP) is 3.60. The molecule has 6 atom stereocenters. The first kappa shape index (κ1) is 14.3. The van der Waals surface area contributed by atoms with Crippen LogP contribution in [-0.4, -0.2) is 24.8 Å². The molecule has 1 aliphatic carbocycles. The summed E-state index contributed by atoms with van der Waals surface area (Å²) in [6.45, 7) is 10.4. The molecule has 2 aliphatic rings. The summed E-state index contributed by atoms with van der Waals surface area (Å²) in [4.78, 5) is 0. The van der Waals surface area contributed by atoms with E-state index in [1.165, 1.54) is 32.1 Å². The highest BCUT2D eigenvalue weighted by Gasteiger charge is 2.37. The molecule has 2 rings (SSSR count). The van der Waals surface area contributed by atoms with Crippen LogP contribution in [-0.2, 0) is 4.74 Å². The largest absolute Gasteiger partial charge is 0.374 e. The zero-order valence-electron chi connectivity index (χ0n) is 12.6. The Labute approximate surface area is 113 Å². The van der Waals surface area contributed by atoms with Gasteiger partial charge < -0.3 is 10.1 Å². The van der Waals surface area contributed by atoms with Gasteiger partial charge in [-0.1, -0.05) is 27.2 Å². The van der Waals surface area contributed by atoms with Gasteiger partial charge in [-0.15, -0.1) is 0 Å². The lowest BCUT2D eigenvalue weighted by molar-refractivity contribution is 0.00574. The van der Waals surface area contributed by atoms with Crippen molar-refractivity contribution < 1.29 is 4.74 Å². The van der Waals surface area contributed by atoms with Crippen molar-refractivity contribution in [1.29, 1.82) is 0 Å². The summed E-state index contributed by atoms with van der Waals surface area (Å²) < 4.78 is 6.13. The number of likely N-dealkylation sites (N-methyl/N-ethyl adjacent to an activating group) is 1. The van der Waals surface area contributed by atoms with E-state index in [2.05, 4.69) is 33.0 Å². The van der Waals surface area contributed by atoms with Gasteiger partial charge in [-0.05, 0) is 56.9 Å². The van der Waals surface area contributed by atoms with Crippen LogP contribution in [0.4, 0.5) is 0 Å². The molecule has 0 aromatic rings. The Hall–Kier alpha value is -0.0800. The van der Waals surface area contributed by atoms with Crippen molar-refractivity contribution in [3.05, 3.63) is 0 Å². The molecule has 1 saturated heterocycles. The average molecular weight is 253 g/mol. The fourth-order valence-electron chi connectivity index (χ4n) is 3.85. The molecule has 1 heterocycles. The minimum absolute atomic E-state index is 0.463. The molecular weight excluding hydrogens is 222 g/mol. The van der Waals surface area contributed by atoms with Crippen LogP contribution in [0.1, 0.15) is 59.8 Å². The maximum absolute atomic E-state index is 6.13. The Morgan fingerprint density at radius 2 is 1.83 bits per heavy atom.